The fourth-order valence-corrected chi connectivity index (χ4v) is 3.83. The summed E-state index contributed by atoms with van der Waals surface area (Å²) in [6.45, 7) is 2.55. The number of thioether (sulfide) groups is 1. The number of hydrogen-bond donors (Lipinski definition) is 1. The first kappa shape index (κ1) is 12.0. The zero-order chi connectivity index (χ0) is 12.8. The molecule has 1 aromatic rings. The van der Waals surface area contributed by atoms with E-state index in [9.17, 15) is 4.39 Å². The van der Waals surface area contributed by atoms with Crippen molar-refractivity contribution in [2.75, 3.05) is 12.4 Å². The Balaban J connectivity index is 2.20. The summed E-state index contributed by atoms with van der Waals surface area (Å²) in [7, 11) is 0. The van der Waals surface area contributed by atoms with E-state index in [4.69, 9.17) is 10.5 Å². The summed E-state index contributed by atoms with van der Waals surface area (Å²) in [5.41, 5.74) is 5.81. The topological polar surface area (TPSA) is 47.6 Å². The van der Waals surface area contributed by atoms with Crippen molar-refractivity contribution in [1.82, 2.24) is 0 Å². The molecule has 2 aliphatic heterocycles. The van der Waals surface area contributed by atoms with Gasteiger partial charge in [-0.05, 0) is 13.0 Å². The van der Waals surface area contributed by atoms with Crippen molar-refractivity contribution in [2.24, 2.45) is 16.6 Å². The van der Waals surface area contributed by atoms with Gasteiger partial charge in [-0.15, -0.1) is 0 Å². The minimum atomic E-state index is -0.652. The summed E-state index contributed by atoms with van der Waals surface area (Å²) in [4.78, 5) is 4.58. The molecule has 2 N–H and O–H groups in total. The second-order valence-corrected chi connectivity index (χ2v) is 5.78. The molecule has 0 radical (unpaired) electrons. The van der Waals surface area contributed by atoms with Gasteiger partial charge in [-0.2, -0.15) is 0 Å². The highest BCUT2D eigenvalue weighted by Crippen LogP contribution is 2.48. The van der Waals surface area contributed by atoms with Crippen LogP contribution in [0.15, 0.2) is 29.3 Å². The van der Waals surface area contributed by atoms with Gasteiger partial charge in [0.15, 0.2) is 5.17 Å². The third-order valence-corrected chi connectivity index (χ3v) is 4.78. The molecule has 3 nitrogen and oxygen atoms in total. The lowest BCUT2D eigenvalue weighted by molar-refractivity contribution is 0.0948. The van der Waals surface area contributed by atoms with Gasteiger partial charge in [0.1, 0.15) is 11.4 Å². The SMILES string of the molecule is C[C@H]1OCC2CSC(N)=NC21c1ccccc1F. The Bertz CT molecular complexity index is 508. The van der Waals surface area contributed by atoms with Crippen LogP contribution in [0.5, 0.6) is 0 Å². The third-order valence-electron chi connectivity index (χ3n) is 3.82. The predicted molar refractivity (Wildman–Crippen MR) is 71.1 cm³/mol. The van der Waals surface area contributed by atoms with Gasteiger partial charge in [-0.25, -0.2) is 9.38 Å². The van der Waals surface area contributed by atoms with E-state index in [2.05, 4.69) is 4.99 Å². The van der Waals surface area contributed by atoms with Crippen molar-refractivity contribution in [3.63, 3.8) is 0 Å². The van der Waals surface area contributed by atoms with Crippen LogP contribution in [0.4, 0.5) is 4.39 Å². The number of rotatable bonds is 1. The Kier molecular flexibility index (Phi) is 2.83. The van der Waals surface area contributed by atoms with E-state index >= 15 is 0 Å². The maximum Gasteiger partial charge on any atom is 0.154 e. The molecule has 0 bridgehead atoms. The van der Waals surface area contributed by atoms with Crippen LogP contribution in [0.1, 0.15) is 12.5 Å². The molecule has 3 rings (SSSR count). The zero-order valence-corrected chi connectivity index (χ0v) is 10.9. The number of benzene rings is 1. The Hall–Kier alpha value is -1.07. The van der Waals surface area contributed by atoms with Crippen LogP contribution in [0, 0.1) is 11.7 Å². The average molecular weight is 266 g/mol. The number of nitrogens with zero attached hydrogens (tertiary/aromatic N) is 1. The molecule has 2 unspecified atom stereocenters. The molecule has 0 aliphatic carbocycles. The first-order chi connectivity index (χ1) is 8.64. The normalized spacial score (nSPS) is 35.1. The molecular formula is C13H15FN2OS. The fraction of sp³-hybridized carbons (Fsp3) is 0.462. The number of nitrogens with two attached hydrogens (primary N) is 1. The molecule has 1 saturated heterocycles. The molecule has 96 valence electrons. The van der Waals surface area contributed by atoms with Gasteiger partial charge in [-0.3, -0.25) is 0 Å². The minimum absolute atomic E-state index is 0.154. The Morgan fingerprint density at radius 1 is 1.50 bits per heavy atom. The van der Waals surface area contributed by atoms with E-state index in [1.807, 2.05) is 13.0 Å². The summed E-state index contributed by atoms with van der Waals surface area (Å²) in [5.74, 6) is 0.776. The quantitative estimate of drug-likeness (QED) is 0.847. The monoisotopic (exact) mass is 266 g/mol. The molecule has 3 atom stereocenters. The van der Waals surface area contributed by atoms with Crippen molar-refractivity contribution in [2.45, 2.75) is 18.6 Å². The molecule has 0 amide bonds. The van der Waals surface area contributed by atoms with Crippen LogP contribution in [0.2, 0.25) is 0 Å². The van der Waals surface area contributed by atoms with Crippen LogP contribution in [-0.4, -0.2) is 23.6 Å². The zero-order valence-electron chi connectivity index (χ0n) is 10.1. The third kappa shape index (κ3) is 1.57. The lowest BCUT2D eigenvalue weighted by Gasteiger charge is -2.37. The number of ether oxygens (including phenoxy) is 1. The molecule has 0 saturated carbocycles. The van der Waals surface area contributed by atoms with Crippen LogP contribution >= 0.6 is 11.8 Å². The van der Waals surface area contributed by atoms with Gasteiger partial charge in [0.05, 0.1) is 12.7 Å². The van der Waals surface area contributed by atoms with Gasteiger partial charge >= 0.3 is 0 Å². The second-order valence-electron chi connectivity index (χ2n) is 4.74. The number of halogens is 1. The molecule has 0 spiro atoms. The van der Waals surface area contributed by atoms with Crippen molar-refractivity contribution in [3.05, 3.63) is 35.6 Å². The first-order valence-electron chi connectivity index (χ1n) is 5.99. The maximum atomic E-state index is 14.1. The number of hydrogen-bond acceptors (Lipinski definition) is 4. The van der Waals surface area contributed by atoms with Crippen LogP contribution in [0.25, 0.3) is 0 Å². The van der Waals surface area contributed by atoms with E-state index in [0.717, 1.165) is 5.75 Å². The molecule has 2 heterocycles. The van der Waals surface area contributed by atoms with E-state index in [1.165, 1.54) is 17.8 Å². The van der Waals surface area contributed by atoms with Crippen LogP contribution < -0.4 is 5.73 Å². The molecule has 0 aromatic heterocycles. The number of aliphatic imine (C=N–C) groups is 1. The predicted octanol–water partition coefficient (Wildman–Crippen LogP) is 2.12. The Labute approximate surface area is 110 Å². The van der Waals surface area contributed by atoms with E-state index in [1.54, 1.807) is 12.1 Å². The highest BCUT2D eigenvalue weighted by atomic mass is 32.2. The largest absolute Gasteiger partial charge is 0.379 e. The molecule has 1 fully saturated rings. The summed E-state index contributed by atoms with van der Waals surface area (Å²) >= 11 is 1.52. The van der Waals surface area contributed by atoms with Crippen LogP contribution in [-0.2, 0) is 10.3 Å². The van der Waals surface area contributed by atoms with Crippen molar-refractivity contribution >= 4 is 16.9 Å². The molecule has 1 aromatic carbocycles. The standard InChI is InChI=1S/C13H15FN2OS/c1-8-13(10-4-2-3-5-11(10)14)9(6-17-8)7-18-12(15)16-13/h2-5,8-9H,6-7H2,1H3,(H2,15,16)/t8-,9?,13?/m1/s1. The highest BCUT2D eigenvalue weighted by molar-refractivity contribution is 8.13. The molecule has 5 heteroatoms. The van der Waals surface area contributed by atoms with Gasteiger partial charge in [-0.1, -0.05) is 30.0 Å². The summed E-state index contributed by atoms with van der Waals surface area (Å²) in [6.07, 6.45) is -0.154. The van der Waals surface area contributed by atoms with Crippen LogP contribution in [0.3, 0.4) is 0 Å². The second kappa shape index (κ2) is 4.24. The van der Waals surface area contributed by atoms with Gasteiger partial charge in [0, 0.05) is 17.2 Å². The molecule has 18 heavy (non-hydrogen) atoms. The smallest absolute Gasteiger partial charge is 0.154 e. The lowest BCUT2D eigenvalue weighted by atomic mass is 9.77. The Morgan fingerprint density at radius 3 is 3.06 bits per heavy atom. The number of fused-ring (bicyclic) bond motifs is 1. The molecule has 2 aliphatic rings. The van der Waals surface area contributed by atoms with Gasteiger partial charge < -0.3 is 10.5 Å². The van der Waals surface area contributed by atoms with Crippen molar-refractivity contribution < 1.29 is 9.13 Å². The average Bonchev–Trinajstić information content (AvgIpc) is 2.68. The Morgan fingerprint density at radius 2 is 2.28 bits per heavy atom. The highest BCUT2D eigenvalue weighted by Gasteiger charge is 2.53. The maximum absolute atomic E-state index is 14.1. The number of amidine groups is 1. The van der Waals surface area contributed by atoms with Gasteiger partial charge in [0.2, 0.25) is 0 Å². The van der Waals surface area contributed by atoms with E-state index in [0.29, 0.717) is 17.3 Å². The first-order valence-corrected chi connectivity index (χ1v) is 6.98. The lowest BCUT2D eigenvalue weighted by Crippen LogP contribution is -2.44. The van der Waals surface area contributed by atoms with E-state index in [-0.39, 0.29) is 17.8 Å². The summed E-state index contributed by atoms with van der Waals surface area (Å²) in [6, 6.07) is 6.79. The molecular weight excluding hydrogens is 251 g/mol. The van der Waals surface area contributed by atoms with Crippen molar-refractivity contribution in [1.29, 1.82) is 0 Å². The summed E-state index contributed by atoms with van der Waals surface area (Å²) in [5, 5.41) is 0.520. The fourth-order valence-electron chi connectivity index (χ4n) is 2.89. The summed E-state index contributed by atoms with van der Waals surface area (Å²) < 4.78 is 19.9. The van der Waals surface area contributed by atoms with E-state index < -0.39 is 5.54 Å². The minimum Gasteiger partial charge on any atom is -0.379 e. The van der Waals surface area contributed by atoms with Crippen molar-refractivity contribution in [3.8, 4) is 0 Å². The van der Waals surface area contributed by atoms with Gasteiger partial charge in [0.25, 0.3) is 0 Å².